The zero-order valence-electron chi connectivity index (χ0n) is 14.4. The van der Waals surface area contributed by atoms with Crippen molar-refractivity contribution in [1.82, 2.24) is 10.2 Å². The molecular formula is C19H20ClFN2O3. The van der Waals surface area contributed by atoms with Gasteiger partial charge in [-0.3, -0.25) is 9.59 Å². The zero-order valence-corrected chi connectivity index (χ0v) is 15.1. The average molecular weight is 379 g/mol. The number of halogens is 2. The monoisotopic (exact) mass is 378 g/mol. The number of likely N-dealkylation sites (N-methyl/N-ethyl adjacent to an activating group) is 1. The second-order valence-electron chi connectivity index (χ2n) is 5.55. The van der Waals surface area contributed by atoms with E-state index in [0.717, 1.165) is 5.56 Å². The van der Waals surface area contributed by atoms with Crippen molar-refractivity contribution in [2.75, 3.05) is 19.7 Å². The van der Waals surface area contributed by atoms with E-state index in [2.05, 4.69) is 5.32 Å². The van der Waals surface area contributed by atoms with Crippen molar-refractivity contribution in [3.63, 3.8) is 0 Å². The van der Waals surface area contributed by atoms with Crippen LogP contribution < -0.4 is 10.1 Å². The van der Waals surface area contributed by atoms with Gasteiger partial charge in [0.05, 0.1) is 6.54 Å². The summed E-state index contributed by atoms with van der Waals surface area (Å²) >= 11 is 5.82. The van der Waals surface area contributed by atoms with E-state index < -0.39 is 0 Å². The molecule has 0 saturated carbocycles. The lowest BCUT2D eigenvalue weighted by Gasteiger charge is -2.20. The number of amides is 2. The molecule has 1 N–H and O–H groups in total. The van der Waals surface area contributed by atoms with Gasteiger partial charge in [-0.15, -0.1) is 0 Å². The molecule has 2 rings (SSSR count). The van der Waals surface area contributed by atoms with Gasteiger partial charge in [0, 0.05) is 18.1 Å². The maximum absolute atomic E-state index is 12.8. The maximum Gasteiger partial charge on any atom is 0.260 e. The normalized spacial score (nSPS) is 10.3. The summed E-state index contributed by atoms with van der Waals surface area (Å²) in [6.45, 7) is 2.23. The Hall–Kier alpha value is -2.60. The average Bonchev–Trinajstić information content (AvgIpc) is 2.65. The van der Waals surface area contributed by atoms with Crippen molar-refractivity contribution in [3.8, 4) is 5.75 Å². The molecule has 5 nitrogen and oxygen atoms in total. The van der Waals surface area contributed by atoms with E-state index in [1.807, 2.05) is 12.1 Å². The zero-order chi connectivity index (χ0) is 18.9. The van der Waals surface area contributed by atoms with Crippen LogP contribution in [-0.2, 0) is 16.1 Å². The molecule has 0 radical (unpaired) electrons. The number of hydrogen-bond donors (Lipinski definition) is 1. The minimum absolute atomic E-state index is 0.0598. The predicted molar refractivity (Wildman–Crippen MR) is 97.4 cm³/mol. The van der Waals surface area contributed by atoms with Gasteiger partial charge in [-0.25, -0.2) is 4.39 Å². The predicted octanol–water partition coefficient (Wildman–Crippen LogP) is 3.02. The number of nitrogens with one attached hydrogen (secondary N) is 1. The molecule has 0 aliphatic rings. The first-order valence-corrected chi connectivity index (χ1v) is 8.53. The van der Waals surface area contributed by atoms with Crippen LogP contribution in [0.1, 0.15) is 12.5 Å². The number of carbonyl (C=O) groups is 2. The Morgan fingerprint density at radius 2 is 1.77 bits per heavy atom. The highest BCUT2D eigenvalue weighted by molar-refractivity contribution is 6.30. The molecule has 0 spiro atoms. The van der Waals surface area contributed by atoms with Gasteiger partial charge in [0.15, 0.2) is 6.61 Å². The van der Waals surface area contributed by atoms with Crippen molar-refractivity contribution in [2.45, 2.75) is 13.5 Å². The Kier molecular flexibility index (Phi) is 7.41. The van der Waals surface area contributed by atoms with Gasteiger partial charge in [0.25, 0.3) is 5.91 Å². The first-order valence-electron chi connectivity index (χ1n) is 8.15. The lowest BCUT2D eigenvalue weighted by Crippen LogP contribution is -2.42. The van der Waals surface area contributed by atoms with Crippen molar-refractivity contribution >= 4 is 23.4 Å². The number of ether oxygens (including phenoxy) is 1. The second kappa shape index (κ2) is 9.77. The van der Waals surface area contributed by atoms with E-state index in [1.165, 1.54) is 29.2 Å². The molecule has 7 heteroatoms. The summed E-state index contributed by atoms with van der Waals surface area (Å²) in [4.78, 5) is 25.6. The van der Waals surface area contributed by atoms with Crippen LogP contribution in [0, 0.1) is 5.82 Å². The lowest BCUT2D eigenvalue weighted by atomic mass is 10.2. The molecule has 0 aliphatic heterocycles. The topological polar surface area (TPSA) is 58.6 Å². The number of nitrogens with zero attached hydrogens (tertiary/aromatic N) is 1. The molecule has 2 aromatic rings. The van der Waals surface area contributed by atoms with Crippen molar-refractivity contribution in [3.05, 3.63) is 64.9 Å². The van der Waals surface area contributed by atoms with Crippen LogP contribution in [0.4, 0.5) is 4.39 Å². The van der Waals surface area contributed by atoms with Crippen molar-refractivity contribution in [2.24, 2.45) is 0 Å². The summed E-state index contributed by atoms with van der Waals surface area (Å²) in [6, 6.07) is 12.5. The third-order valence-electron chi connectivity index (χ3n) is 3.65. The lowest BCUT2D eigenvalue weighted by molar-refractivity contribution is -0.137. The van der Waals surface area contributed by atoms with Gasteiger partial charge in [-0.1, -0.05) is 23.7 Å². The van der Waals surface area contributed by atoms with Crippen LogP contribution >= 0.6 is 11.6 Å². The maximum atomic E-state index is 12.8. The number of rotatable bonds is 8. The second-order valence-corrected chi connectivity index (χ2v) is 5.99. The quantitative estimate of drug-likeness (QED) is 0.768. The molecule has 0 aromatic heterocycles. The van der Waals surface area contributed by atoms with E-state index in [4.69, 9.17) is 16.3 Å². The van der Waals surface area contributed by atoms with Gasteiger partial charge in [0.1, 0.15) is 11.6 Å². The summed E-state index contributed by atoms with van der Waals surface area (Å²) in [5, 5.41) is 3.39. The van der Waals surface area contributed by atoms with E-state index in [9.17, 15) is 14.0 Å². The fourth-order valence-electron chi connectivity index (χ4n) is 2.18. The standard InChI is InChI=1S/C19H20ClFN2O3/c1-2-23(19(25)13-26-17-9-7-16(21)8-10-17)12-18(24)22-11-14-3-5-15(20)6-4-14/h3-10H,2,11-13H2,1H3,(H,22,24). The first-order chi connectivity index (χ1) is 12.5. The highest BCUT2D eigenvalue weighted by Crippen LogP contribution is 2.11. The Balaban J connectivity index is 1.78. The van der Waals surface area contributed by atoms with Crippen LogP contribution in [0.25, 0.3) is 0 Å². The van der Waals surface area contributed by atoms with Gasteiger partial charge in [0.2, 0.25) is 5.91 Å². The molecule has 0 atom stereocenters. The number of hydrogen-bond acceptors (Lipinski definition) is 3. The third-order valence-corrected chi connectivity index (χ3v) is 3.90. The van der Waals surface area contributed by atoms with Gasteiger partial charge in [-0.2, -0.15) is 0 Å². The molecule has 0 aliphatic carbocycles. The summed E-state index contributed by atoms with van der Waals surface area (Å²) < 4.78 is 18.2. The van der Waals surface area contributed by atoms with Crippen LogP contribution in [0.3, 0.4) is 0 Å². The molecule has 0 unspecified atom stereocenters. The van der Waals surface area contributed by atoms with Crippen molar-refractivity contribution < 1.29 is 18.7 Å². The Morgan fingerprint density at radius 1 is 1.12 bits per heavy atom. The van der Waals surface area contributed by atoms with E-state index in [1.54, 1.807) is 19.1 Å². The number of carbonyl (C=O) groups excluding carboxylic acids is 2. The summed E-state index contributed by atoms with van der Waals surface area (Å²) in [5.41, 5.74) is 0.914. The molecular weight excluding hydrogens is 359 g/mol. The van der Waals surface area contributed by atoms with E-state index in [0.29, 0.717) is 23.9 Å². The fraction of sp³-hybridized carbons (Fsp3) is 0.263. The molecule has 0 bridgehead atoms. The number of benzene rings is 2. The molecule has 0 fully saturated rings. The minimum Gasteiger partial charge on any atom is -0.484 e. The van der Waals surface area contributed by atoms with E-state index >= 15 is 0 Å². The summed E-state index contributed by atoms with van der Waals surface area (Å²) in [5.74, 6) is -0.574. The Morgan fingerprint density at radius 3 is 2.38 bits per heavy atom. The van der Waals surface area contributed by atoms with Gasteiger partial charge >= 0.3 is 0 Å². The molecule has 0 saturated heterocycles. The Labute approximate surface area is 156 Å². The largest absolute Gasteiger partial charge is 0.484 e. The van der Waals surface area contributed by atoms with Gasteiger partial charge < -0.3 is 15.0 Å². The van der Waals surface area contributed by atoms with Gasteiger partial charge in [-0.05, 0) is 48.9 Å². The SMILES string of the molecule is CCN(CC(=O)NCc1ccc(Cl)cc1)C(=O)COc1ccc(F)cc1. The third kappa shape index (κ3) is 6.37. The molecule has 2 amide bonds. The smallest absolute Gasteiger partial charge is 0.260 e. The summed E-state index contributed by atoms with van der Waals surface area (Å²) in [6.07, 6.45) is 0. The first kappa shape index (κ1) is 19.7. The fourth-order valence-corrected chi connectivity index (χ4v) is 2.30. The molecule has 2 aromatic carbocycles. The van der Waals surface area contributed by atoms with Crippen LogP contribution in [0.2, 0.25) is 5.02 Å². The van der Waals surface area contributed by atoms with Crippen LogP contribution in [-0.4, -0.2) is 36.4 Å². The minimum atomic E-state index is -0.379. The molecule has 138 valence electrons. The van der Waals surface area contributed by atoms with E-state index in [-0.39, 0.29) is 30.8 Å². The highest BCUT2D eigenvalue weighted by atomic mass is 35.5. The summed E-state index contributed by atoms with van der Waals surface area (Å²) in [7, 11) is 0. The molecule has 0 heterocycles. The Bertz CT molecular complexity index is 735. The van der Waals surface area contributed by atoms with Crippen LogP contribution in [0.15, 0.2) is 48.5 Å². The van der Waals surface area contributed by atoms with Crippen LogP contribution in [0.5, 0.6) is 5.75 Å². The van der Waals surface area contributed by atoms with Crippen molar-refractivity contribution in [1.29, 1.82) is 0 Å². The highest BCUT2D eigenvalue weighted by Gasteiger charge is 2.16. The molecule has 26 heavy (non-hydrogen) atoms.